The number of nitrogens with one attached hydrogen (secondary N) is 2. The fourth-order valence-corrected chi connectivity index (χ4v) is 5.51. The van der Waals surface area contributed by atoms with Crippen molar-refractivity contribution in [1.29, 1.82) is 0 Å². The molecule has 174 valence electrons. The number of anilines is 1. The molecule has 8 nitrogen and oxygen atoms in total. The fourth-order valence-electron chi connectivity index (χ4n) is 4.40. The van der Waals surface area contributed by atoms with Crippen LogP contribution in [0, 0.1) is 0 Å². The van der Waals surface area contributed by atoms with Crippen LogP contribution < -0.4 is 20.3 Å². The minimum absolute atomic E-state index is 0.0102. The number of methoxy groups -OCH3 is 1. The van der Waals surface area contributed by atoms with Crippen LogP contribution in [0.3, 0.4) is 0 Å². The van der Waals surface area contributed by atoms with Crippen LogP contribution >= 0.6 is 11.8 Å². The Labute approximate surface area is 192 Å². The highest BCUT2D eigenvalue weighted by atomic mass is 32.2. The Morgan fingerprint density at radius 3 is 2.72 bits per heavy atom. The van der Waals surface area contributed by atoms with E-state index in [1.54, 1.807) is 7.11 Å². The number of hydrogen-bond donors (Lipinski definition) is 2. The first kappa shape index (κ1) is 22.8. The van der Waals surface area contributed by atoms with Crippen molar-refractivity contribution in [2.75, 3.05) is 24.8 Å². The zero-order valence-corrected chi connectivity index (χ0v) is 20.0. The summed E-state index contributed by atoms with van der Waals surface area (Å²) in [6.45, 7) is 8.61. The van der Waals surface area contributed by atoms with Crippen LogP contribution in [0.15, 0.2) is 23.0 Å². The first-order valence-electron chi connectivity index (χ1n) is 10.9. The Bertz CT molecular complexity index is 1060. The monoisotopic (exact) mass is 461 g/mol. The maximum absolute atomic E-state index is 13.2. The van der Waals surface area contributed by atoms with E-state index in [-0.39, 0.29) is 40.2 Å². The smallest absolute Gasteiger partial charge is 0.270 e. The van der Waals surface area contributed by atoms with Crippen molar-refractivity contribution in [3.05, 3.63) is 39.7 Å². The van der Waals surface area contributed by atoms with Crippen LogP contribution in [-0.2, 0) is 9.53 Å². The molecule has 0 bridgehead atoms. The maximum Gasteiger partial charge on any atom is 0.270 e. The third-order valence-corrected chi connectivity index (χ3v) is 7.02. The minimum Gasteiger partial charge on any atom is -0.493 e. The second-order valence-corrected chi connectivity index (χ2v) is 10.2. The van der Waals surface area contributed by atoms with E-state index in [0.717, 1.165) is 18.4 Å². The lowest BCUT2D eigenvalue weighted by molar-refractivity contribution is -0.113. The number of amides is 1. The molecule has 32 heavy (non-hydrogen) atoms. The van der Waals surface area contributed by atoms with Crippen LogP contribution in [0.25, 0.3) is 0 Å². The van der Waals surface area contributed by atoms with Gasteiger partial charge < -0.3 is 19.5 Å². The van der Waals surface area contributed by atoms with Crippen LogP contribution in [0.2, 0.25) is 0 Å². The lowest BCUT2D eigenvalue weighted by Gasteiger charge is -2.36. The molecule has 1 saturated heterocycles. The number of hydrogen-bond acceptors (Lipinski definition) is 6. The van der Waals surface area contributed by atoms with E-state index in [1.807, 2.05) is 50.6 Å². The van der Waals surface area contributed by atoms with Crippen LogP contribution in [0.5, 0.6) is 11.5 Å². The van der Waals surface area contributed by atoms with Crippen LogP contribution in [0.1, 0.15) is 63.0 Å². The van der Waals surface area contributed by atoms with Gasteiger partial charge in [-0.25, -0.2) is 0 Å². The molecule has 1 amide bonds. The zero-order chi connectivity index (χ0) is 23.0. The molecule has 2 aromatic rings. The molecule has 0 unspecified atom stereocenters. The van der Waals surface area contributed by atoms with Gasteiger partial charge in [0.05, 0.1) is 41.4 Å². The van der Waals surface area contributed by atoms with Gasteiger partial charge in [0.2, 0.25) is 5.91 Å². The molecule has 1 fully saturated rings. The normalized spacial score (nSPS) is 22.8. The predicted octanol–water partition coefficient (Wildman–Crippen LogP) is 3.88. The zero-order valence-electron chi connectivity index (χ0n) is 19.2. The molecule has 9 heteroatoms. The molecule has 2 aliphatic rings. The van der Waals surface area contributed by atoms with Crippen molar-refractivity contribution >= 4 is 23.5 Å². The Balaban J connectivity index is 1.77. The Kier molecular flexibility index (Phi) is 6.31. The molecule has 2 atom stereocenters. The fraction of sp³-hybridized carbons (Fsp3) is 0.565. The number of thioether (sulfide) groups is 1. The molecule has 2 N–H and O–H groups in total. The maximum atomic E-state index is 13.2. The quantitative estimate of drug-likeness (QED) is 0.702. The van der Waals surface area contributed by atoms with Gasteiger partial charge in [-0.15, -0.1) is 11.8 Å². The van der Waals surface area contributed by atoms with Crippen molar-refractivity contribution < 1.29 is 19.0 Å². The average molecular weight is 462 g/mol. The molecule has 4 rings (SSSR count). The van der Waals surface area contributed by atoms with Gasteiger partial charge in [-0.05, 0) is 58.2 Å². The highest BCUT2D eigenvalue weighted by molar-refractivity contribution is 8.00. The average Bonchev–Trinajstić information content (AvgIpc) is 2.93. The lowest BCUT2D eigenvalue weighted by atomic mass is 9.94. The van der Waals surface area contributed by atoms with Gasteiger partial charge in [-0.3, -0.25) is 19.4 Å². The number of aromatic nitrogens is 2. The number of fused-ring (bicyclic) bond motifs is 1. The van der Waals surface area contributed by atoms with E-state index in [9.17, 15) is 9.59 Å². The van der Waals surface area contributed by atoms with Crippen molar-refractivity contribution in [3.8, 4) is 11.5 Å². The minimum atomic E-state index is -0.316. The Morgan fingerprint density at radius 1 is 1.25 bits per heavy atom. The number of carbonyl (C=O) groups is 1. The highest BCUT2D eigenvalue weighted by Crippen LogP contribution is 2.44. The summed E-state index contributed by atoms with van der Waals surface area (Å²) in [4.78, 5) is 25.7. The third kappa shape index (κ3) is 4.54. The number of nitrogens with zero attached hydrogens (tertiary/aromatic N) is 1. The standard InChI is InChI=1S/C23H31N3O5S/c1-13(2)31-16-7-6-14(10-17(16)29-5)20-19-21(24-18(27)12-32-20)26(25-22(19)28)15-8-9-30-23(3,4)11-15/h6-7,10,13,15,20H,8-9,11-12H2,1-5H3,(H,24,27)(H,25,28)/t15-,20-/m1/s1. The summed E-state index contributed by atoms with van der Waals surface area (Å²) in [5.41, 5.74) is 0.964. The number of carbonyl (C=O) groups excluding carboxylic acids is 1. The number of aromatic amines is 1. The predicted molar refractivity (Wildman–Crippen MR) is 125 cm³/mol. The van der Waals surface area contributed by atoms with E-state index < -0.39 is 0 Å². The van der Waals surface area contributed by atoms with Crippen molar-refractivity contribution in [2.24, 2.45) is 0 Å². The highest BCUT2D eigenvalue weighted by Gasteiger charge is 2.36. The van der Waals surface area contributed by atoms with Gasteiger partial charge in [-0.1, -0.05) is 6.07 Å². The molecule has 1 aromatic heterocycles. The molecular weight excluding hydrogens is 430 g/mol. The largest absolute Gasteiger partial charge is 0.493 e. The van der Waals surface area contributed by atoms with Crippen molar-refractivity contribution in [3.63, 3.8) is 0 Å². The SMILES string of the molecule is COc1cc([C@H]2SCC(=O)Nc3c2c(=O)[nH]n3[C@@H]2CCOC(C)(C)C2)ccc1OC(C)C. The van der Waals surface area contributed by atoms with E-state index in [2.05, 4.69) is 10.4 Å². The Morgan fingerprint density at radius 2 is 2.03 bits per heavy atom. The summed E-state index contributed by atoms with van der Waals surface area (Å²) >= 11 is 1.43. The topological polar surface area (TPSA) is 94.6 Å². The van der Waals surface area contributed by atoms with Crippen molar-refractivity contribution in [2.45, 2.75) is 63.5 Å². The van der Waals surface area contributed by atoms with Gasteiger partial charge in [-0.2, -0.15) is 0 Å². The molecule has 1 aromatic carbocycles. The second kappa shape index (κ2) is 8.86. The van der Waals surface area contributed by atoms with Gasteiger partial charge in [0, 0.05) is 6.61 Å². The number of rotatable bonds is 5. The summed E-state index contributed by atoms with van der Waals surface area (Å²) in [6, 6.07) is 5.73. The lowest BCUT2D eigenvalue weighted by Crippen LogP contribution is -2.36. The summed E-state index contributed by atoms with van der Waals surface area (Å²) in [6.07, 6.45) is 1.52. The number of benzene rings is 1. The van der Waals surface area contributed by atoms with Crippen LogP contribution in [0.4, 0.5) is 5.82 Å². The van der Waals surface area contributed by atoms with E-state index in [4.69, 9.17) is 14.2 Å². The van der Waals surface area contributed by atoms with E-state index in [0.29, 0.717) is 29.5 Å². The molecule has 0 radical (unpaired) electrons. The van der Waals surface area contributed by atoms with Crippen molar-refractivity contribution in [1.82, 2.24) is 9.78 Å². The first-order chi connectivity index (χ1) is 15.2. The summed E-state index contributed by atoms with van der Waals surface area (Å²) < 4.78 is 19.1. The molecule has 0 saturated carbocycles. The molecule has 2 aliphatic heterocycles. The van der Waals surface area contributed by atoms with Gasteiger partial charge >= 0.3 is 0 Å². The summed E-state index contributed by atoms with van der Waals surface area (Å²) in [7, 11) is 1.60. The van der Waals surface area contributed by atoms with Gasteiger partial charge in [0.15, 0.2) is 11.5 Å². The molecule has 0 spiro atoms. The van der Waals surface area contributed by atoms with E-state index >= 15 is 0 Å². The first-order valence-corrected chi connectivity index (χ1v) is 12.0. The summed E-state index contributed by atoms with van der Waals surface area (Å²) in [5, 5.41) is 5.66. The van der Waals surface area contributed by atoms with Gasteiger partial charge in [0.25, 0.3) is 5.56 Å². The van der Waals surface area contributed by atoms with Gasteiger partial charge in [0.1, 0.15) is 5.82 Å². The van der Waals surface area contributed by atoms with Crippen LogP contribution in [-0.4, -0.2) is 46.9 Å². The molecule has 3 heterocycles. The molecule has 0 aliphatic carbocycles. The number of ether oxygens (including phenoxy) is 3. The third-order valence-electron chi connectivity index (χ3n) is 5.75. The molecular formula is C23H31N3O5S. The Hall–Kier alpha value is -2.39. The summed E-state index contributed by atoms with van der Waals surface area (Å²) in [5.74, 6) is 1.94. The second-order valence-electron chi connectivity index (χ2n) is 9.14. The van der Waals surface area contributed by atoms with E-state index in [1.165, 1.54) is 11.8 Å². The number of H-pyrrole nitrogens is 1.